The quantitative estimate of drug-likeness (QED) is 0.784. The lowest BCUT2D eigenvalue weighted by atomic mass is 9.89. The van der Waals surface area contributed by atoms with Crippen molar-refractivity contribution in [3.8, 4) is 0 Å². The van der Waals surface area contributed by atoms with E-state index in [1.165, 1.54) is 6.42 Å². The molecule has 0 heterocycles. The minimum Gasteiger partial charge on any atom is -0.462 e. The van der Waals surface area contributed by atoms with Crippen LogP contribution in [0.5, 0.6) is 0 Å². The molecule has 1 aromatic rings. The standard InChI is InChI=1S/C18H24N2O4/c1-2-24-18(23)14-10-6-7-11-15(14)20-16(21)12-19-17(22)13-8-4-3-5-9-13/h6-7,10-11,13H,2-5,8-9,12H2,1H3,(H,19,22)(H,20,21). The highest BCUT2D eigenvalue weighted by Crippen LogP contribution is 2.23. The zero-order chi connectivity index (χ0) is 17.4. The van der Waals surface area contributed by atoms with Gasteiger partial charge in [-0.25, -0.2) is 4.79 Å². The van der Waals surface area contributed by atoms with Gasteiger partial charge in [0.25, 0.3) is 0 Å². The Balaban J connectivity index is 1.88. The number of para-hydroxylation sites is 1. The average Bonchev–Trinajstić information content (AvgIpc) is 2.61. The number of anilines is 1. The Bertz CT molecular complexity index is 594. The molecule has 0 aliphatic heterocycles. The van der Waals surface area contributed by atoms with Gasteiger partial charge in [-0.2, -0.15) is 0 Å². The minimum absolute atomic E-state index is 0.0124. The molecule has 6 nitrogen and oxygen atoms in total. The van der Waals surface area contributed by atoms with Crippen LogP contribution in [0, 0.1) is 5.92 Å². The van der Waals surface area contributed by atoms with Gasteiger partial charge >= 0.3 is 5.97 Å². The van der Waals surface area contributed by atoms with Crippen LogP contribution in [0.4, 0.5) is 5.69 Å². The molecule has 1 saturated carbocycles. The van der Waals surface area contributed by atoms with Crippen molar-refractivity contribution in [1.82, 2.24) is 5.32 Å². The van der Waals surface area contributed by atoms with Crippen LogP contribution in [0.2, 0.25) is 0 Å². The minimum atomic E-state index is -0.486. The monoisotopic (exact) mass is 332 g/mol. The highest BCUT2D eigenvalue weighted by Gasteiger charge is 2.21. The number of carbonyl (C=O) groups is 3. The van der Waals surface area contributed by atoms with Crippen molar-refractivity contribution >= 4 is 23.5 Å². The van der Waals surface area contributed by atoms with Gasteiger partial charge in [0.15, 0.2) is 0 Å². The van der Waals surface area contributed by atoms with Gasteiger partial charge in [-0.1, -0.05) is 31.4 Å². The predicted molar refractivity (Wildman–Crippen MR) is 90.6 cm³/mol. The van der Waals surface area contributed by atoms with Gasteiger partial charge in [-0.3, -0.25) is 9.59 Å². The van der Waals surface area contributed by atoms with Crippen LogP contribution in [-0.2, 0) is 14.3 Å². The molecule has 2 rings (SSSR count). The number of hydrogen-bond acceptors (Lipinski definition) is 4. The van der Waals surface area contributed by atoms with Gasteiger partial charge in [0.1, 0.15) is 0 Å². The fraction of sp³-hybridized carbons (Fsp3) is 0.500. The molecule has 0 bridgehead atoms. The Morgan fingerprint density at radius 2 is 1.83 bits per heavy atom. The van der Waals surface area contributed by atoms with Gasteiger partial charge < -0.3 is 15.4 Å². The summed E-state index contributed by atoms with van der Waals surface area (Å²) in [7, 11) is 0. The van der Waals surface area contributed by atoms with Crippen molar-refractivity contribution in [3.05, 3.63) is 29.8 Å². The van der Waals surface area contributed by atoms with Gasteiger partial charge in [0.2, 0.25) is 11.8 Å². The molecule has 0 spiro atoms. The lowest BCUT2D eigenvalue weighted by Gasteiger charge is -2.20. The van der Waals surface area contributed by atoms with Crippen LogP contribution >= 0.6 is 0 Å². The molecule has 0 unspecified atom stereocenters. The van der Waals surface area contributed by atoms with Crippen molar-refractivity contribution < 1.29 is 19.1 Å². The Morgan fingerprint density at radius 1 is 1.12 bits per heavy atom. The maximum absolute atomic E-state index is 12.1. The Hall–Kier alpha value is -2.37. The van der Waals surface area contributed by atoms with E-state index in [0.717, 1.165) is 25.7 Å². The van der Waals surface area contributed by atoms with Crippen LogP contribution in [-0.4, -0.2) is 30.9 Å². The number of esters is 1. The predicted octanol–water partition coefficient (Wildman–Crippen LogP) is 2.50. The molecule has 1 aliphatic carbocycles. The van der Waals surface area contributed by atoms with E-state index < -0.39 is 5.97 Å². The first kappa shape index (κ1) is 18.0. The molecule has 2 amide bonds. The molecule has 1 fully saturated rings. The van der Waals surface area contributed by atoms with E-state index in [1.54, 1.807) is 31.2 Å². The van der Waals surface area contributed by atoms with Gasteiger partial charge in [-0.15, -0.1) is 0 Å². The highest BCUT2D eigenvalue weighted by atomic mass is 16.5. The van der Waals surface area contributed by atoms with E-state index in [-0.39, 0.29) is 30.9 Å². The normalized spacial score (nSPS) is 14.7. The summed E-state index contributed by atoms with van der Waals surface area (Å²) in [5.41, 5.74) is 0.680. The van der Waals surface area contributed by atoms with Gasteiger partial charge in [0.05, 0.1) is 24.4 Å². The van der Waals surface area contributed by atoms with E-state index in [4.69, 9.17) is 4.74 Å². The number of nitrogens with one attached hydrogen (secondary N) is 2. The SMILES string of the molecule is CCOC(=O)c1ccccc1NC(=O)CNC(=O)C1CCCCC1. The third-order valence-corrected chi connectivity index (χ3v) is 4.10. The van der Waals surface area contributed by atoms with Crippen LogP contribution in [0.1, 0.15) is 49.4 Å². The number of amides is 2. The van der Waals surface area contributed by atoms with Crippen molar-refractivity contribution in [3.63, 3.8) is 0 Å². The number of ether oxygens (including phenoxy) is 1. The van der Waals surface area contributed by atoms with Crippen molar-refractivity contribution in [2.24, 2.45) is 5.92 Å². The molecule has 1 aromatic carbocycles. The molecular weight excluding hydrogens is 308 g/mol. The molecule has 2 N–H and O–H groups in total. The van der Waals surface area contributed by atoms with Crippen LogP contribution in [0.25, 0.3) is 0 Å². The van der Waals surface area contributed by atoms with Crippen molar-refractivity contribution in [1.29, 1.82) is 0 Å². The van der Waals surface area contributed by atoms with Crippen molar-refractivity contribution in [2.75, 3.05) is 18.5 Å². The summed E-state index contributed by atoms with van der Waals surface area (Å²) < 4.78 is 4.97. The summed E-state index contributed by atoms with van der Waals surface area (Å²) in [6.45, 7) is 1.88. The lowest BCUT2D eigenvalue weighted by Crippen LogP contribution is -2.37. The third kappa shape index (κ3) is 5.08. The number of carbonyl (C=O) groups excluding carboxylic acids is 3. The summed E-state index contributed by atoms with van der Waals surface area (Å²) >= 11 is 0. The van der Waals surface area contributed by atoms with Crippen LogP contribution < -0.4 is 10.6 Å². The van der Waals surface area contributed by atoms with E-state index in [2.05, 4.69) is 10.6 Å². The smallest absolute Gasteiger partial charge is 0.340 e. The second-order valence-corrected chi connectivity index (χ2v) is 5.87. The molecule has 6 heteroatoms. The number of hydrogen-bond donors (Lipinski definition) is 2. The molecule has 0 saturated heterocycles. The van der Waals surface area contributed by atoms with Crippen molar-refractivity contribution in [2.45, 2.75) is 39.0 Å². The van der Waals surface area contributed by atoms with E-state index >= 15 is 0 Å². The molecular formula is C18H24N2O4. The number of rotatable bonds is 6. The summed E-state index contributed by atoms with van der Waals surface area (Å²) in [4.78, 5) is 36.0. The highest BCUT2D eigenvalue weighted by molar-refractivity contribution is 6.02. The maximum Gasteiger partial charge on any atom is 0.340 e. The molecule has 0 radical (unpaired) electrons. The summed E-state index contributed by atoms with van der Waals surface area (Å²) in [5, 5.41) is 5.33. The average molecular weight is 332 g/mol. The second-order valence-electron chi connectivity index (χ2n) is 5.87. The third-order valence-electron chi connectivity index (χ3n) is 4.10. The second kappa shape index (κ2) is 9.05. The first-order valence-electron chi connectivity index (χ1n) is 8.45. The zero-order valence-corrected chi connectivity index (χ0v) is 14.0. The first-order chi connectivity index (χ1) is 11.6. The van der Waals surface area contributed by atoms with E-state index in [0.29, 0.717) is 11.3 Å². The molecule has 130 valence electrons. The Kier molecular flexibility index (Phi) is 6.78. The fourth-order valence-electron chi connectivity index (χ4n) is 2.85. The number of benzene rings is 1. The van der Waals surface area contributed by atoms with Crippen LogP contribution in [0.3, 0.4) is 0 Å². The van der Waals surface area contributed by atoms with Gasteiger partial charge in [-0.05, 0) is 31.9 Å². The maximum atomic E-state index is 12.1. The Morgan fingerprint density at radius 3 is 2.54 bits per heavy atom. The van der Waals surface area contributed by atoms with E-state index in [1.807, 2.05) is 0 Å². The largest absolute Gasteiger partial charge is 0.462 e. The molecule has 24 heavy (non-hydrogen) atoms. The van der Waals surface area contributed by atoms with Gasteiger partial charge in [0, 0.05) is 5.92 Å². The summed E-state index contributed by atoms with van der Waals surface area (Å²) in [6, 6.07) is 6.65. The van der Waals surface area contributed by atoms with Crippen LogP contribution in [0.15, 0.2) is 24.3 Å². The molecule has 0 aromatic heterocycles. The zero-order valence-electron chi connectivity index (χ0n) is 14.0. The first-order valence-corrected chi connectivity index (χ1v) is 8.45. The summed E-state index contributed by atoms with van der Waals surface area (Å²) in [5.74, 6) is -0.905. The Labute approximate surface area is 142 Å². The lowest BCUT2D eigenvalue weighted by molar-refractivity contribution is -0.128. The summed E-state index contributed by atoms with van der Waals surface area (Å²) in [6.07, 6.45) is 5.08. The van der Waals surface area contributed by atoms with E-state index in [9.17, 15) is 14.4 Å². The fourth-order valence-corrected chi connectivity index (χ4v) is 2.85. The molecule has 1 aliphatic rings. The topological polar surface area (TPSA) is 84.5 Å². The molecule has 0 atom stereocenters.